The van der Waals surface area contributed by atoms with Crippen molar-refractivity contribution in [2.45, 2.75) is 6.54 Å². The molecule has 2 N–H and O–H groups in total. The molecular formula is C15H13ClFNO3. The summed E-state index contributed by atoms with van der Waals surface area (Å²) in [6, 6.07) is 7.19. The van der Waals surface area contributed by atoms with Gasteiger partial charge in [-0.25, -0.2) is 4.39 Å². The maximum atomic E-state index is 13.2. The molecule has 0 unspecified atom stereocenters. The highest BCUT2D eigenvalue weighted by molar-refractivity contribution is 6.33. The van der Waals surface area contributed by atoms with Crippen LogP contribution in [0.5, 0.6) is 17.2 Å². The van der Waals surface area contributed by atoms with E-state index < -0.39 is 5.82 Å². The molecule has 0 saturated heterocycles. The van der Waals surface area contributed by atoms with Crippen LogP contribution >= 0.6 is 11.6 Å². The van der Waals surface area contributed by atoms with Gasteiger partial charge in [0.1, 0.15) is 24.8 Å². The lowest BCUT2D eigenvalue weighted by Crippen LogP contribution is -2.15. The summed E-state index contributed by atoms with van der Waals surface area (Å²) in [6.07, 6.45) is 0. The molecule has 0 spiro atoms. The van der Waals surface area contributed by atoms with Crippen LogP contribution in [0.4, 0.5) is 10.1 Å². The van der Waals surface area contributed by atoms with Crippen molar-refractivity contribution in [3.63, 3.8) is 0 Å². The van der Waals surface area contributed by atoms with Crippen molar-refractivity contribution in [2.24, 2.45) is 0 Å². The SMILES string of the molecule is Oc1ccc(F)cc1CNc1cc2c(cc1Cl)OCCO2. The summed E-state index contributed by atoms with van der Waals surface area (Å²) in [4.78, 5) is 0. The summed E-state index contributed by atoms with van der Waals surface area (Å²) in [5.74, 6) is 0.831. The average molecular weight is 310 g/mol. The van der Waals surface area contributed by atoms with Crippen molar-refractivity contribution >= 4 is 17.3 Å². The van der Waals surface area contributed by atoms with E-state index >= 15 is 0 Å². The van der Waals surface area contributed by atoms with Gasteiger partial charge >= 0.3 is 0 Å². The molecule has 2 aromatic carbocycles. The van der Waals surface area contributed by atoms with E-state index in [2.05, 4.69) is 5.32 Å². The third-order valence-electron chi connectivity index (χ3n) is 3.14. The van der Waals surface area contributed by atoms with E-state index in [1.807, 2.05) is 0 Å². The van der Waals surface area contributed by atoms with Crippen LogP contribution in [0.3, 0.4) is 0 Å². The molecule has 21 heavy (non-hydrogen) atoms. The van der Waals surface area contributed by atoms with Gasteiger partial charge in [0.15, 0.2) is 11.5 Å². The molecule has 0 radical (unpaired) electrons. The molecule has 1 aliphatic rings. The number of benzene rings is 2. The lowest BCUT2D eigenvalue weighted by atomic mass is 10.2. The van der Waals surface area contributed by atoms with Gasteiger partial charge in [-0.2, -0.15) is 0 Å². The fraction of sp³-hybridized carbons (Fsp3) is 0.200. The van der Waals surface area contributed by atoms with Crippen molar-refractivity contribution < 1.29 is 19.0 Å². The Bertz CT molecular complexity index is 678. The Hall–Kier alpha value is -2.14. The minimum absolute atomic E-state index is 0.0255. The van der Waals surface area contributed by atoms with E-state index in [9.17, 15) is 9.50 Å². The molecule has 0 amide bonds. The summed E-state index contributed by atoms with van der Waals surface area (Å²) in [5.41, 5.74) is 1.07. The van der Waals surface area contributed by atoms with Crippen LogP contribution < -0.4 is 14.8 Å². The Morgan fingerprint density at radius 2 is 1.86 bits per heavy atom. The minimum Gasteiger partial charge on any atom is -0.508 e. The maximum Gasteiger partial charge on any atom is 0.163 e. The van der Waals surface area contributed by atoms with Gasteiger partial charge in [0.25, 0.3) is 0 Å². The predicted molar refractivity (Wildman–Crippen MR) is 77.8 cm³/mol. The zero-order valence-corrected chi connectivity index (χ0v) is 11.8. The van der Waals surface area contributed by atoms with Crippen LogP contribution in [0.15, 0.2) is 30.3 Å². The fourth-order valence-electron chi connectivity index (χ4n) is 2.09. The van der Waals surface area contributed by atoms with Gasteiger partial charge < -0.3 is 19.9 Å². The highest BCUT2D eigenvalue weighted by atomic mass is 35.5. The first-order valence-electron chi connectivity index (χ1n) is 6.44. The Morgan fingerprint density at radius 3 is 2.62 bits per heavy atom. The van der Waals surface area contributed by atoms with Gasteiger partial charge in [-0.15, -0.1) is 0 Å². The second-order valence-corrected chi connectivity index (χ2v) is 5.01. The quantitative estimate of drug-likeness (QED) is 0.910. The summed E-state index contributed by atoms with van der Waals surface area (Å²) in [7, 11) is 0. The number of hydrogen-bond acceptors (Lipinski definition) is 4. The molecule has 2 aromatic rings. The van der Waals surface area contributed by atoms with Gasteiger partial charge in [0, 0.05) is 24.2 Å². The van der Waals surface area contributed by atoms with E-state index in [0.717, 1.165) is 0 Å². The molecule has 0 fully saturated rings. The first-order chi connectivity index (χ1) is 10.1. The van der Waals surface area contributed by atoms with Crippen LogP contribution in [-0.4, -0.2) is 18.3 Å². The molecule has 6 heteroatoms. The second kappa shape index (κ2) is 5.69. The second-order valence-electron chi connectivity index (χ2n) is 4.60. The highest BCUT2D eigenvalue weighted by Gasteiger charge is 2.15. The molecule has 0 atom stereocenters. The number of aromatic hydroxyl groups is 1. The average Bonchev–Trinajstić information content (AvgIpc) is 2.48. The maximum absolute atomic E-state index is 13.2. The van der Waals surface area contributed by atoms with Crippen LogP contribution in [0.1, 0.15) is 5.56 Å². The summed E-state index contributed by atoms with van der Waals surface area (Å²) in [5, 5.41) is 13.2. The molecule has 110 valence electrons. The number of rotatable bonds is 3. The first kappa shape index (κ1) is 13.8. The summed E-state index contributed by atoms with van der Waals surface area (Å²) < 4.78 is 24.1. The van der Waals surface area contributed by atoms with E-state index in [1.54, 1.807) is 12.1 Å². The largest absolute Gasteiger partial charge is 0.508 e. The van der Waals surface area contributed by atoms with Crippen molar-refractivity contribution in [3.8, 4) is 17.2 Å². The first-order valence-corrected chi connectivity index (χ1v) is 6.81. The third-order valence-corrected chi connectivity index (χ3v) is 3.46. The molecule has 0 aromatic heterocycles. The van der Waals surface area contributed by atoms with E-state index in [4.69, 9.17) is 21.1 Å². The Morgan fingerprint density at radius 1 is 1.14 bits per heavy atom. The van der Waals surface area contributed by atoms with Crippen LogP contribution in [0.2, 0.25) is 5.02 Å². The van der Waals surface area contributed by atoms with Gasteiger partial charge in [0.05, 0.1) is 10.7 Å². The Labute approximate surface area is 126 Å². The lowest BCUT2D eigenvalue weighted by molar-refractivity contribution is 0.171. The highest BCUT2D eigenvalue weighted by Crippen LogP contribution is 2.38. The number of fused-ring (bicyclic) bond motifs is 1. The van der Waals surface area contributed by atoms with Gasteiger partial charge in [0.2, 0.25) is 0 Å². The van der Waals surface area contributed by atoms with Crippen LogP contribution in [-0.2, 0) is 6.54 Å². The van der Waals surface area contributed by atoms with Crippen LogP contribution in [0.25, 0.3) is 0 Å². The topological polar surface area (TPSA) is 50.7 Å². The molecule has 1 heterocycles. The smallest absolute Gasteiger partial charge is 0.163 e. The normalized spacial score (nSPS) is 13.0. The third kappa shape index (κ3) is 2.97. The van der Waals surface area contributed by atoms with Gasteiger partial charge in [-0.1, -0.05) is 11.6 Å². The molecule has 0 aliphatic carbocycles. The molecule has 1 aliphatic heterocycles. The number of nitrogens with one attached hydrogen (secondary N) is 1. The van der Waals surface area contributed by atoms with E-state index in [0.29, 0.717) is 41.0 Å². The zero-order valence-electron chi connectivity index (χ0n) is 11.0. The van der Waals surface area contributed by atoms with Crippen LogP contribution in [0, 0.1) is 5.82 Å². The standard InChI is InChI=1S/C15H13ClFNO3/c16-11-6-14-15(21-4-3-20-14)7-12(11)18-8-9-5-10(17)1-2-13(9)19/h1-2,5-7,18-19H,3-4,8H2. The molecule has 0 bridgehead atoms. The van der Waals surface area contributed by atoms with E-state index in [-0.39, 0.29) is 12.3 Å². The van der Waals surface area contributed by atoms with Gasteiger partial charge in [-0.3, -0.25) is 0 Å². The zero-order chi connectivity index (χ0) is 14.8. The Balaban J connectivity index is 1.80. The molecule has 0 saturated carbocycles. The van der Waals surface area contributed by atoms with Gasteiger partial charge in [-0.05, 0) is 18.2 Å². The lowest BCUT2D eigenvalue weighted by Gasteiger charge is -2.20. The minimum atomic E-state index is -0.405. The number of phenols is 1. The number of phenolic OH excluding ortho intramolecular Hbond substituents is 1. The van der Waals surface area contributed by atoms with E-state index in [1.165, 1.54) is 18.2 Å². The van der Waals surface area contributed by atoms with Crippen molar-refractivity contribution in [1.82, 2.24) is 0 Å². The molecule has 4 nitrogen and oxygen atoms in total. The number of anilines is 1. The predicted octanol–water partition coefficient (Wildman–Crippen LogP) is 3.57. The summed E-state index contributed by atoms with van der Waals surface area (Å²) >= 11 is 6.16. The number of hydrogen-bond donors (Lipinski definition) is 2. The van der Waals surface area contributed by atoms with Crippen molar-refractivity contribution in [1.29, 1.82) is 0 Å². The van der Waals surface area contributed by atoms with Crippen molar-refractivity contribution in [3.05, 3.63) is 46.7 Å². The Kier molecular flexibility index (Phi) is 3.75. The fourth-order valence-corrected chi connectivity index (χ4v) is 2.31. The molecular weight excluding hydrogens is 297 g/mol. The number of halogens is 2. The number of ether oxygens (including phenoxy) is 2. The molecule has 3 rings (SSSR count). The summed E-state index contributed by atoms with van der Waals surface area (Å²) in [6.45, 7) is 1.22. The van der Waals surface area contributed by atoms with Crippen molar-refractivity contribution in [2.75, 3.05) is 18.5 Å². The monoisotopic (exact) mass is 309 g/mol.